The van der Waals surface area contributed by atoms with Gasteiger partial charge < -0.3 is 4.90 Å². The van der Waals surface area contributed by atoms with Gasteiger partial charge in [0.2, 0.25) is 0 Å². The topological polar surface area (TPSA) is 29.0 Å². The lowest BCUT2D eigenvalue weighted by Gasteiger charge is -2.27. The third kappa shape index (κ3) is 3.37. The van der Waals surface area contributed by atoms with Crippen molar-refractivity contribution in [2.45, 2.75) is 6.42 Å². The van der Waals surface area contributed by atoms with E-state index < -0.39 is 0 Å². The zero-order valence-electron chi connectivity index (χ0n) is 13.0. The Bertz CT molecular complexity index is 875. The fraction of sp³-hybridized carbons (Fsp3) is 0.158. The van der Waals surface area contributed by atoms with Crippen molar-refractivity contribution in [1.29, 1.82) is 0 Å². The molecule has 3 aromatic rings. The first kappa shape index (κ1) is 16.7. The first-order valence-corrected chi connectivity index (χ1v) is 8.10. The highest BCUT2D eigenvalue weighted by molar-refractivity contribution is 6.29. The molecule has 0 saturated heterocycles. The summed E-state index contributed by atoms with van der Waals surface area (Å²) in [5.74, 6) is 0.878. The molecule has 0 unspecified atom stereocenters. The second-order valence-corrected chi connectivity index (χ2v) is 6.09. The number of halogens is 2. The van der Waals surface area contributed by atoms with Gasteiger partial charge in [-0.3, -0.25) is 0 Å². The van der Waals surface area contributed by atoms with Crippen molar-refractivity contribution in [3.63, 3.8) is 0 Å². The summed E-state index contributed by atoms with van der Waals surface area (Å²) in [7, 11) is 0. The molecule has 5 heteroatoms. The second-order valence-electron chi connectivity index (χ2n) is 5.70. The van der Waals surface area contributed by atoms with Crippen LogP contribution in [0.15, 0.2) is 60.7 Å². The minimum atomic E-state index is 0. The van der Waals surface area contributed by atoms with Crippen molar-refractivity contribution in [3.05, 3.63) is 71.4 Å². The molecular weight excluding hydrogens is 341 g/mol. The average Bonchev–Trinajstić information content (AvgIpc) is 2.62. The van der Waals surface area contributed by atoms with E-state index in [1.54, 1.807) is 6.07 Å². The van der Waals surface area contributed by atoms with E-state index in [1.807, 2.05) is 6.07 Å². The summed E-state index contributed by atoms with van der Waals surface area (Å²) in [6.07, 6.45) is 3.28. The Morgan fingerprint density at radius 2 is 1.75 bits per heavy atom. The normalized spacial score (nSPS) is 14.2. The van der Waals surface area contributed by atoms with Gasteiger partial charge in [-0.1, -0.05) is 54.1 Å². The Kier molecular flexibility index (Phi) is 5.03. The molecule has 0 spiro atoms. The zero-order valence-corrected chi connectivity index (χ0v) is 14.6. The molecule has 0 aliphatic carbocycles. The van der Waals surface area contributed by atoms with E-state index >= 15 is 0 Å². The van der Waals surface area contributed by atoms with Crippen LogP contribution >= 0.6 is 24.0 Å². The molecule has 24 heavy (non-hydrogen) atoms. The number of hydrogen-bond acceptors (Lipinski definition) is 3. The van der Waals surface area contributed by atoms with Gasteiger partial charge in [-0.15, -0.1) is 22.6 Å². The largest absolute Gasteiger partial charge is 0.351 e. The highest BCUT2D eigenvalue weighted by atomic mass is 35.5. The first-order valence-electron chi connectivity index (χ1n) is 7.72. The minimum Gasteiger partial charge on any atom is -0.351 e. The molecule has 1 aliphatic heterocycles. The number of rotatable bonds is 2. The van der Waals surface area contributed by atoms with Crippen LogP contribution in [0.4, 0.5) is 5.82 Å². The molecule has 122 valence electrons. The number of benzene rings is 2. The van der Waals surface area contributed by atoms with Crippen molar-refractivity contribution in [3.8, 4) is 0 Å². The third-order valence-corrected chi connectivity index (χ3v) is 4.47. The second kappa shape index (κ2) is 7.20. The van der Waals surface area contributed by atoms with E-state index in [4.69, 9.17) is 11.6 Å². The van der Waals surface area contributed by atoms with Gasteiger partial charge in [0.15, 0.2) is 11.0 Å². The van der Waals surface area contributed by atoms with Crippen molar-refractivity contribution in [2.75, 3.05) is 18.0 Å². The summed E-state index contributed by atoms with van der Waals surface area (Å²) in [6, 6.07) is 18.9. The summed E-state index contributed by atoms with van der Waals surface area (Å²) >= 11 is 5.80. The maximum atomic E-state index is 5.80. The van der Waals surface area contributed by atoms with Crippen molar-refractivity contribution in [2.24, 2.45) is 0 Å². The van der Waals surface area contributed by atoms with E-state index in [0.29, 0.717) is 5.15 Å². The highest BCUT2D eigenvalue weighted by Crippen LogP contribution is 2.27. The van der Waals surface area contributed by atoms with E-state index in [2.05, 4.69) is 63.6 Å². The molecule has 0 amide bonds. The molecule has 3 nitrogen and oxygen atoms in total. The molecule has 0 N–H and O–H groups in total. The summed E-state index contributed by atoms with van der Waals surface area (Å²) in [5.41, 5.74) is 2.71. The van der Waals surface area contributed by atoms with Gasteiger partial charge in [0.25, 0.3) is 0 Å². The van der Waals surface area contributed by atoms with Crippen LogP contribution in [0.5, 0.6) is 0 Å². The number of anilines is 1. The van der Waals surface area contributed by atoms with Crippen molar-refractivity contribution >= 4 is 46.2 Å². The zero-order chi connectivity index (χ0) is 15.6. The highest BCUT2D eigenvalue weighted by Gasteiger charge is 2.15. The van der Waals surface area contributed by atoms with Crippen molar-refractivity contribution in [1.82, 2.24) is 10.2 Å². The third-order valence-electron chi connectivity index (χ3n) is 4.27. The van der Waals surface area contributed by atoms with Crippen LogP contribution in [-0.2, 0) is 0 Å². The van der Waals surface area contributed by atoms with E-state index in [1.165, 1.54) is 21.9 Å². The summed E-state index contributed by atoms with van der Waals surface area (Å²) in [4.78, 5) is 2.22. The Morgan fingerprint density at radius 1 is 0.917 bits per heavy atom. The lowest BCUT2D eigenvalue weighted by molar-refractivity contribution is 0.800. The molecule has 0 bridgehead atoms. The molecule has 0 atom stereocenters. The number of fused-ring (bicyclic) bond motifs is 1. The van der Waals surface area contributed by atoms with Crippen LogP contribution < -0.4 is 4.90 Å². The average molecular weight is 358 g/mol. The smallest absolute Gasteiger partial charge is 0.151 e. The summed E-state index contributed by atoms with van der Waals surface area (Å²) in [5, 5.41) is 11.1. The SMILES string of the molecule is Cl.Clc1ccc(N2CC=C(c3ccc4ccccc4c3)CC2)nn1. The van der Waals surface area contributed by atoms with Gasteiger partial charge in [0.1, 0.15) is 0 Å². The predicted molar refractivity (Wildman–Crippen MR) is 103 cm³/mol. The fourth-order valence-electron chi connectivity index (χ4n) is 3.01. The van der Waals surface area contributed by atoms with Gasteiger partial charge in [-0.2, -0.15) is 0 Å². The lowest BCUT2D eigenvalue weighted by atomic mass is 9.97. The van der Waals surface area contributed by atoms with E-state index in [-0.39, 0.29) is 12.4 Å². The summed E-state index contributed by atoms with van der Waals surface area (Å²) in [6.45, 7) is 1.79. The van der Waals surface area contributed by atoms with Crippen LogP contribution in [-0.4, -0.2) is 23.3 Å². The minimum absolute atomic E-state index is 0. The Balaban J connectivity index is 0.00000169. The molecule has 4 rings (SSSR count). The quantitative estimate of drug-likeness (QED) is 0.646. The maximum Gasteiger partial charge on any atom is 0.151 e. The van der Waals surface area contributed by atoms with Crippen LogP contribution in [0, 0.1) is 0 Å². The standard InChI is InChI=1S/C19H16ClN3.ClH/c20-18-7-8-19(22-21-18)23-11-9-15(10-12-23)17-6-5-14-3-1-2-4-16(14)13-17;/h1-9,13H,10-12H2;1H. The molecule has 2 heterocycles. The fourth-order valence-corrected chi connectivity index (χ4v) is 3.11. The van der Waals surface area contributed by atoms with Crippen LogP contribution in [0.1, 0.15) is 12.0 Å². The van der Waals surface area contributed by atoms with Gasteiger partial charge in [-0.05, 0) is 46.5 Å². The molecule has 1 aliphatic rings. The molecule has 0 saturated carbocycles. The van der Waals surface area contributed by atoms with Gasteiger partial charge >= 0.3 is 0 Å². The van der Waals surface area contributed by atoms with Gasteiger partial charge in [0.05, 0.1) is 0 Å². The van der Waals surface area contributed by atoms with E-state index in [0.717, 1.165) is 25.3 Å². The molecule has 2 aromatic carbocycles. The first-order chi connectivity index (χ1) is 11.3. The predicted octanol–water partition coefficient (Wildman–Crippen LogP) is 5.00. The lowest BCUT2D eigenvalue weighted by Crippen LogP contribution is -2.29. The van der Waals surface area contributed by atoms with Gasteiger partial charge in [-0.25, -0.2) is 0 Å². The number of hydrogen-bond donors (Lipinski definition) is 0. The monoisotopic (exact) mass is 357 g/mol. The number of aromatic nitrogens is 2. The van der Waals surface area contributed by atoms with Crippen molar-refractivity contribution < 1.29 is 0 Å². The Morgan fingerprint density at radius 3 is 2.46 bits per heavy atom. The Labute approximate surface area is 152 Å². The molecule has 0 fully saturated rings. The molecule has 1 aromatic heterocycles. The van der Waals surface area contributed by atoms with Crippen LogP contribution in [0.25, 0.3) is 16.3 Å². The van der Waals surface area contributed by atoms with Crippen LogP contribution in [0.2, 0.25) is 5.15 Å². The van der Waals surface area contributed by atoms with Gasteiger partial charge in [0, 0.05) is 13.1 Å². The summed E-state index contributed by atoms with van der Waals surface area (Å²) < 4.78 is 0. The Hall–Kier alpha value is -2.10. The number of nitrogens with zero attached hydrogens (tertiary/aromatic N) is 3. The van der Waals surface area contributed by atoms with E-state index in [9.17, 15) is 0 Å². The molecule has 0 radical (unpaired) electrons. The maximum absolute atomic E-state index is 5.80. The molecular formula is C19H17Cl2N3. The van der Waals surface area contributed by atoms with Crippen LogP contribution in [0.3, 0.4) is 0 Å².